The third-order valence-electron chi connectivity index (χ3n) is 5.87. The van der Waals surface area contributed by atoms with Gasteiger partial charge in [-0.15, -0.1) is 0 Å². The van der Waals surface area contributed by atoms with E-state index >= 15 is 0 Å². The Kier molecular flexibility index (Phi) is 8.28. The molecule has 1 aromatic rings. The van der Waals surface area contributed by atoms with Crippen LogP contribution in [0.5, 0.6) is 0 Å². The van der Waals surface area contributed by atoms with E-state index < -0.39 is 0 Å². The Hall–Kier alpha value is -2.15. The van der Waals surface area contributed by atoms with Crippen molar-refractivity contribution in [1.82, 2.24) is 15.1 Å². The van der Waals surface area contributed by atoms with Gasteiger partial charge in [-0.2, -0.15) is 5.10 Å². The lowest BCUT2D eigenvalue weighted by Gasteiger charge is -2.34. The van der Waals surface area contributed by atoms with Gasteiger partial charge in [0.25, 0.3) is 5.56 Å². The smallest absolute Gasteiger partial charge is 0.268 e. The van der Waals surface area contributed by atoms with Crippen molar-refractivity contribution >= 4 is 11.6 Å². The SMILES string of the molecule is COCCn1ncc(N2CCCC(CC(=O)NCCC3=CCCCC3)C2)cc1=O. The number of anilines is 1. The third-order valence-corrected chi connectivity index (χ3v) is 5.87. The fourth-order valence-electron chi connectivity index (χ4n) is 4.24. The highest BCUT2D eigenvalue weighted by Crippen LogP contribution is 2.24. The fourth-order valence-corrected chi connectivity index (χ4v) is 4.24. The summed E-state index contributed by atoms with van der Waals surface area (Å²) in [7, 11) is 1.61. The Morgan fingerprint density at radius 2 is 2.24 bits per heavy atom. The number of hydrogen-bond acceptors (Lipinski definition) is 5. The van der Waals surface area contributed by atoms with Crippen molar-refractivity contribution in [3.05, 3.63) is 34.3 Å². The van der Waals surface area contributed by atoms with E-state index in [1.54, 1.807) is 19.4 Å². The number of ether oxygens (including phenoxy) is 1. The van der Waals surface area contributed by atoms with E-state index in [2.05, 4.69) is 21.4 Å². The summed E-state index contributed by atoms with van der Waals surface area (Å²) in [5.74, 6) is 0.454. The maximum Gasteiger partial charge on any atom is 0.268 e. The highest BCUT2D eigenvalue weighted by Gasteiger charge is 2.23. The van der Waals surface area contributed by atoms with Crippen LogP contribution in [0, 0.1) is 5.92 Å². The van der Waals surface area contributed by atoms with Gasteiger partial charge in [-0.05, 0) is 50.9 Å². The first-order chi connectivity index (χ1) is 14.2. The summed E-state index contributed by atoms with van der Waals surface area (Å²) >= 11 is 0. The molecule has 0 aromatic carbocycles. The lowest BCUT2D eigenvalue weighted by Crippen LogP contribution is -2.39. The van der Waals surface area contributed by atoms with Gasteiger partial charge in [0, 0.05) is 39.2 Å². The van der Waals surface area contributed by atoms with Crippen LogP contribution in [-0.2, 0) is 16.1 Å². The van der Waals surface area contributed by atoms with Crippen LogP contribution in [0.25, 0.3) is 0 Å². The standard InChI is InChI=1S/C22H34N4O3/c1-29-13-12-26-22(28)15-20(16-24-26)25-11-5-8-19(17-25)14-21(27)23-10-9-18-6-3-2-4-7-18/h6,15-16,19H,2-5,7-14,17H2,1H3,(H,23,27). The summed E-state index contributed by atoms with van der Waals surface area (Å²) < 4.78 is 6.43. The Balaban J connectivity index is 1.46. The zero-order valence-electron chi connectivity index (χ0n) is 17.6. The topological polar surface area (TPSA) is 76.5 Å². The quantitative estimate of drug-likeness (QED) is 0.642. The predicted molar refractivity (Wildman–Crippen MR) is 114 cm³/mol. The molecule has 7 heteroatoms. The molecule has 1 aromatic heterocycles. The number of nitrogens with zero attached hydrogens (tertiary/aromatic N) is 3. The Labute approximate surface area is 173 Å². The molecule has 7 nitrogen and oxygen atoms in total. The summed E-state index contributed by atoms with van der Waals surface area (Å²) in [6.45, 7) is 3.35. The molecule has 0 radical (unpaired) electrons. The van der Waals surface area contributed by atoms with Gasteiger partial charge >= 0.3 is 0 Å². The van der Waals surface area contributed by atoms with Gasteiger partial charge in [-0.3, -0.25) is 9.59 Å². The second-order valence-electron chi connectivity index (χ2n) is 8.13. The van der Waals surface area contributed by atoms with E-state index in [4.69, 9.17) is 4.74 Å². The molecule has 1 atom stereocenters. The van der Waals surface area contributed by atoms with Crippen LogP contribution < -0.4 is 15.8 Å². The number of aromatic nitrogens is 2. The monoisotopic (exact) mass is 402 g/mol. The normalized spacial score (nSPS) is 19.7. The van der Waals surface area contributed by atoms with Crippen molar-refractivity contribution in [3.8, 4) is 0 Å². The van der Waals surface area contributed by atoms with Gasteiger partial charge in [0.1, 0.15) is 0 Å². The average molecular weight is 403 g/mol. The summed E-state index contributed by atoms with van der Waals surface area (Å²) in [6.07, 6.45) is 12.6. The molecule has 2 aliphatic rings. The molecule has 29 heavy (non-hydrogen) atoms. The second-order valence-corrected chi connectivity index (χ2v) is 8.13. The molecule has 1 fully saturated rings. The van der Waals surface area contributed by atoms with Crippen molar-refractivity contribution in [1.29, 1.82) is 0 Å². The number of allylic oxidation sites excluding steroid dienone is 1. The van der Waals surface area contributed by atoms with Crippen LogP contribution >= 0.6 is 0 Å². The van der Waals surface area contributed by atoms with E-state index in [0.717, 1.165) is 44.6 Å². The molecule has 1 amide bonds. The van der Waals surface area contributed by atoms with E-state index in [9.17, 15) is 9.59 Å². The largest absolute Gasteiger partial charge is 0.383 e. The van der Waals surface area contributed by atoms with Crippen LogP contribution in [0.1, 0.15) is 51.4 Å². The minimum atomic E-state index is -0.114. The van der Waals surface area contributed by atoms with E-state index in [1.165, 1.54) is 35.9 Å². The highest BCUT2D eigenvalue weighted by molar-refractivity contribution is 5.76. The van der Waals surface area contributed by atoms with Crippen molar-refractivity contribution in [3.63, 3.8) is 0 Å². The third kappa shape index (κ3) is 6.70. The van der Waals surface area contributed by atoms with Crippen molar-refractivity contribution in [2.75, 3.05) is 38.3 Å². The molecule has 3 rings (SSSR count). The van der Waals surface area contributed by atoms with Crippen LogP contribution in [0.4, 0.5) is 5.69 Å². The van der Waals surface area contributed by atoms with Crippen LogP contribution in [0.3, 0.4) is 0 Å². The van der Waals surface area contributed by atoms with Crippen LogP contribution in [-0.4, -0.2) is 49.0 Å². The number of piperidine rings is 1. The summed E-state index contributed by atoms with van der Waals surface area (Å²) in [5, 5.41) is 7.35. The lowest BCUT2D eigenvalue weighted by molar-refractivity contribution is -0.122. The second kappa shape index (κ2) is 11.1. The van der Waals surface area contributed by atoms with Crippen molar-refractivity contribution < 1.29 is 9.53 Å². The molecule has 1 unspecified atom stereocenters. The van der Waals surface area contributed by atoms with Gasteiger partial charge in [0.15, 0.2) is 0 Å². The zero-order chi connectivity index (χ0) is 20.5. The van der Waals surface area contributed by atoms with Crippen LogP contribution in [0.2, 0.25) is 0 Å². The predicted octanol–water partition coefficient (Wildman–Crippen LogP) is 2.50. The number of carbonyl (C=O) groups is 1. The number of carbonyl (C=O) groups excluding carboxylic acids is 1. The number of rotatable bonds is 9. The number of hydrogen-bond donors (Lipinski definition) is 1. The molecule has 1 saturated heterocycles. The molecule has 0 saturated carbocycles. The first-order valence-corrected chi connectivity index (χ1v) is 10.9. The highest BCUT2D eigenvalue weighted by atomic mass is 16.5. The Morgan fingerprint density at radius 1 is 1.34 bits per heavy atom. The summed E-state index contributed by atoms with van der Waals surface area (Å²) in [6, 6.07) is 1.64. The van der Waals surface area contributed by atoms with Crippen molar-refractivity contribution in [2.45, 2.75) is 57.9 Å². The van der Waals surface area contributed by atoms with Crippen LogP contribution in [0.15, 0.2) is 28.7 Å². The summed E-state index contributed by atoms with van der Waals surface area (Å²) in [5.41, 5.74) is 2.22. The average Bonchev–Trinajstić information content (AvgIpc) is 2.74. The first kappa shape index (κ1) is 21.6. The molecule has 1 aliphatic carbocycles. The van der Waals surface area contributed by atoms with E-state index in [0.29, 0.717) is 25.5 Å². The molecular formula is C22H34N4O3. The van der Waals surface area contributed by atoms with Gasteiger partial charge in [0.05, 0.1) is 25.0 Å². The summed E-state index contributed by atoms with van der Waals surface area (Å²) in [4.78, 5) is 26.8. The minimum absolute atomic E-state index is 0.114. The molecule has 0 spiro atoms. The molecule has 1 aliphatic heterocycles. The Morgan fingerprint density at radius 3 is 3.00 bits per heavy atom. The van der Waals surface area contributed by atoms with Crippen molar-refractivity contribution in [2.24, 2.45) is 5.92 Å². The molecule has 160 valence electrons. The van der Waals surface area contributed by atoms with E-state index in [-0.39, 0.29) is 11.5 Å². The molecule has 2 heterocycles. The minimum Gasteiger partial charge on any atom is -0.383 e. The zero-order valence-corrected chi connectivity index (χ0v) is 17.6. The fraction of sp³-hybridized carbons (Fsp3) is 0.682. The van der Waals surface area contributed by atoms with E-state index in [1.807, 2.05) is 0 Å². The molecule has 1 N–H and O–H groups in total. The van der Waals surface area contributed by atoms with Gasteiger partial charge in [-0.1, -0.05) is 11.6 Å². The number of nitrogens with one attached hydrogen (secondary N) is 1. The maximum absolute atomic E-state index is 12.4. The van der Waals surface area contributed by atoms with Gasteiger partial charge in [0.2, 0.25) is 5.91 Å². The molecule has 0 bridgehead atoms. The number of amides is 1. The Bertz CT molecular complexity index is 759. The van der Waals surface area contributed by atoms with Gasteiger partial charge < -0.3 is 15.0 Å². The maximum atomic E-state index is 12.4. The van der Waals surface area contributed by atoms with Gasteiger partial charge in [-0.25, -0.2) is 4.68 Å². The first-order valence-electron chi connectivity index (χ1n) is 10.9. The number of methoxy groups -OCH3 is 1. The molecular weight excluding hydrogens is 368 g/mol. The lowest BCUT2D eigenvalue weighted by atomic mass is 9.94.